The molecule has 0 heterocycles. The van der Waals surface area contributed by atoms with E-state index in [9.17, 15) is 15.0 Å². The highest BCUT2D eigenvalue weighted by Crippen LogP contribution is 2.53. The van der Waals surface area contributed by atoms with Crippen molar-refractivity contribution in [2.24, 2.45) is 0 Å². The molecule has 2 aromatic rings. The van der Waals surface area contributed by atoms with E-state index in [2.05, 4.69) is 39.5 Å². The molecule has 160 valence electrons. The molecule has 0 bridgehead atoms. The van der Waals surface area contributed by atoms with Crippen molar-refractivity contribution >= 4 is 11.4 Å². The maximum absolute atomic E-state index is 12.7. The highest BCUT2D eigenvalue weighted by Gasteiger charge is 2.46. The predicted octanol–water partition coefficient (Wildman–Crippen LogP) is 5.41. The standard InChI is InChI=1S/C27H34O3/c1-17(25(4,5)29)18-9-12-20(13-10-18)27(8)16-24(2,3)21-14-11-19(15-22(21)27)23(28)26(6,7)30/h9-15,29-30H,1,16H2,2-8H3. The number of carbonyl (C=O) groups excluding carboxylic acids is 1. The Bertz CT molecular complexity index is 998. The number of hydrogen-bond acceptors (Lipinski definition) is 3. The molecule has 1 aliphatic carbocycles. The number of ketones is 1. The van der Waals surface area contributed by atoms with E-state index in [1.165, 1.54) is 19.4 Å². The first kappa shape index (κ1) is 22.5. The molecule has 0 saturated carbocycles. The lowest BCUT2D eigenvalue weighted by Gasteiger charge is -2.29. The minimum absolute atomic E-state index is 0.0320. The van der Waals surface area contributed by atoms with Gasteiger partial charge in [-0.3, -0.25) is 4.79 Å². The monoisotopic (exact) mass is 406 g/mol. The highest BCUT2D eigenvalue weighted by molar-refractivity contribution is 6.02. The average molecular weight is 407 g/mol. The van der Waals surface area contributed by atoms with E-state index in [0.717, 1.165) is 23.1 Å². The van der Waals surface area contributed by atoms with Crippen molar-refractivity contribution in [3.63, 3.8) is 0 Å². The van der Waals surface area contributed by atoms with Crippen LogP contribution in [0.5, 0.6) is 0 Å². The van der Waals surface area contributed by atoms with E-state index < -0.39 is 11.2 Å². The molecule has 0 aromatic heterocycles. The van der Waals surface area contributed by atoms with Gasteiger partial charge in [0.25, 0.3) is 0 Å². The molecular weight excluding hydrogens is 372 g/mol. The van der Waals surface area contributed by atoms with Crippen LogP contribution in [0.4, 0.5) is 0 Å². The van der Waals surface area contributed by atoms with Crippen LogP contribution in [0.3, 0.4) is 0 Å². The van der Waals surface area contributed by atoms with Crippen molar-refractivity contribution in [3.8, 4) is 0 Å². The van der Waals surface area contributed by atoms with Gasteiger partial charge in [0.15, 0.2) is 5.78 Å². The summed E-state index contributed by atoms with van der Waals surface area (Å²) in [5, 5.41) is 20.5. The lowest BCUT2D eigenvalue weighted by molar-refractivity contribution is 0.0488. The maximum Gasteiger partial charge on any atom is 0.193 e. The van der Waals surface area contributed by atoms with Crippen molar-refractivity contribution in [1.82, 2.24) is 0 Å². The molecule has 0 spiro atoms. The molecule has 1 atom stereocenters. The number of benzene rings is 2. The number of aliphatic hydroxyl groups is 2. The Labute approximate surface area is 180 Å². The van der Waals surface area contributed by atoms with E-state index in [1.807, 2.05) is 30.3 Å². The topological polar surface area (TPSA) is 57.5 Å². The van der Waals surface area contributed by atoms with Gasteiger partial charge in [0.2, 0.25) is 0 Å². The number of carbonyl (C=O) groups is 1. The Hall–Kier alpha value is -2.23. The molecule has 0 fully saturated rings. The van der Waals surface area contributed by atoms with Gasteiger partial charge in [0, 0.05) is 11.0 Å². The number of hydrogen-bond donors (Lipinski definition) is 2. The van der Waals surface area contributed by atoms with Crippen molar-refractivity contribution in [3.05, 3.63) is 76.9 Å². The predicted molar refractivity (Wildman–Crippen MR) is 123 cm³/mol. The summed E-state index contributed by atoms with van der Waals surface area (Å²) < 4.78 is 0. The Morgan fingerprint density at radius 3 is 1.90 bits per heavy atom. The van der Waals surface area contributed by atoms with Gasteiger partial charge in [0.1, 0.15) is 5.60 Å². The summed E-state index contributed by atoms with van der Waals surface area (Å²) in [7, 11) is 0. The third-order valence-corrected chi connectivity index (χ3v) is 6.57. The number of Topliss-reactive ketones (excluding diaryl/α,β-unsaturated/α-hetero) is 1. The normalized spacial score (nSPS) is 20.7. The zero-order valence-corrected chi connectivity index (χ0v) is 19.3. The lowest BCUT2D eigenvalue weighted by Crippen LogP contribution is -2.31. The fourth-order valence-corrected chi connectivity index (χ4v) is 4.81. The maximum atomic E-state index is 12.7. The average Bonchev–Trinajstić information content (AvgIpc) is 2.85. The zero-order valence-electron chi connectivity index (χ0n) is 19.3. The molecule has 0 amide bonds. The van der Waals surface area contributed by atoms with Crippen LogP contribution >= 0.6 is 0 Å². The SMILES string of the molecule is C=C(c1ccc(C2(C)CC(C)(C)c3ccc(C(=O)C(C)(C)O)cc32)cc1)C(C)(C)O. The Morgan fingerprint density at radius 2 is 1.40 bits per heavy atom. The van der Waals surface area contributed by atoms with E-state index in [4.69, 9.17) is 0 Å². The Morgan fingerprint density at radius 1 is 0.867 bits per heavy atom. The molecule has 0 aliphatic heterocycles. The summed E-state index contributed by atoms with van der Waals surface area (Å²) in [4.78, 5) is 12.7. The third-order valence-electron chi connectivity index (χ3n) is 6.57. The molecule has 30 heavy (non-hydrogen) atoms. The molecule has 3 nitrogen and oxygen atoms in total. The van der Waals surface area contributed by atoms with Crippen LogP contribution in [0.2, 0.25) is 0 Å². The number of fused-ring (bicyclic) bond motifs is 1. The molecule has 2 aromatic carbocycles. The quantitative estimate of drug-likeness (QED) is 0.653. The van der Waals surface area contributed by atoms with Crippen LogP contribution < -0.4 is 0 Å². The third kappa shape index (κ3) is 3.77. The molecular formula is C27H34O3. The summed E-state index contributed by atoms with van der Waals surface area (Å²) in [5.41, 5.74) is 3.00. The molecule has 0 radical (unpaired) electrons. The molecule has 3 heteroatoms. The van der Waals surface area contributed by atoms with Gasteiger partial charge >= 0.3 is 0 Å². The lowest BCUT2D eigenvalue weighted by atomic mass is 9.74. The second-order valence-corrected chi connectivity index (χ2v) is 10.7. The van der Waals surface area contributed by atoms with Crippen LogP contribution in [0.25, 0.3) is 5.57 Å². The summed E-state index contributed by atoms with van der Waals surface area (Å²) in [6.45, 7) is 17.3. The summed E-state index contributed by atoms with van der Waals surface area (Å²) in [6, 6.07) is 14.1. The van der Waals surface area contributed by atoms with Crippen LogP contribution in [-0.2, 0) is 10.8 Å². The van der Waals surface area contributed by atoms with Gasteiger partial charge in [-0.05, 0) is 73.4 Å². The zero-order chi connectivity index (χ0) is 22.7. The van der Waals surface area contributed by atoms with Gasteiger partial charge in [-0.1, -0.05) is 63.7 Å². The Balaban J connectivity index is 2.09. The largest absolute Gasteiger partial charge is 0.386 e. The molecule has 1 aliphatic rings. The van der Waals surface area contributed by atoms with E-state index in [1.54, 1.807) is 13.8 Å². The molecule has 3 rings (SSSR count). The van der Waals surface area contributed by atoms with E-state index in [-0.39, 0.29) is 16.6 Å². The first-order chi connectivity index (χ1) is 13.6. The summed E-state index contributed by atoms with van der Waals surface area (Å²) >= 11 is 0. The van der Waals surface area contributed by atoms with Crippen LogP contribution in [0.15, 0.2) is 49.0 Å². The minimum Gasteiger partial charge on any atom is -0.386 e. The van der Waals surface area contributed by atoms with Gasteiger partial charge in [-0.2, -0.15) is 0 Å². The highest BCUT2D eigenvalue weighted by atomic mass is 16.3. The Kier molecular flexibility index (Phi) is 5.16. The first-order valence-electron chi connectivity index (χ1n) is 10.5. The number of rotatable bonds is 5. The van der Waals surface area contributed by atoms with Crippen molar-refractivity contribution in [2.75, 3.05) is 0 Å². The van der Waals surface area contributed by atoms with Gasteiger partial charge in [-0.25, -0.2) is 0 Å². The second kappa shape index (κ2) is 6.90. The molecule has 0 saturated heterocycles. The van der Waals surface area contributed by atoms with Gasteiger partial charge < -0.3 is 10.2 Å². The fraction of sp³-hybridized carbons (Fsp3) is 0.444. The van der Waals surface area contributed by atoms with Gasteiger partial charge in [-0.15, -0.1) is 0 Å². The van der Waals surface area contributed by atoms with Crippen molar-refractivity contribution in [1.29, 1.82) is 0 Å². The fourth-order valence-electron chi connectivity index (χ4n) is 4.81. The van der Waals surface area contributed by atoms with Gasteiger partial charge in [0.05, 0.1) is 5.60 Å². The van der Waals surface area contributed by atoms with E-state index >= 15 is 0 Å². The second-order valence-electron chi connectivity index (χ2n) is 10.7. The summed E-state index contributed by atoms with van der Waals surface area (Å²) in [5.74, 6) is -0.269. The molecule has 1 unspecified atom stereocenters. The van der Waals surface area contributed by atoms with Crippen LogP contribution in [-0.4, -0.2) is 27.2 Å². The first-order valence-corrected chi connectivity index (χ1v) is 10.5. The van der Waals surface area contributed by atoms with Crippen LogP contribution in [0.1, 0.15) is 87.5 Å². The minimum atomic E-state index is -1.40. The molecule has 2 N–H and O–H groups in total. The van der Waals surface area contributed by atoms with Crippen LogP contribution in [0, 0.1) is 0 Å². The van der Waals surface area contributed by atoms with Crippen molar-refractivity contribution < 1.29 is 15.0 Å². The summed E-state index contributed by atoms with van der Waals surface area (Å²) in [6.07, 6.45) is 0.918. The van der Waals surface area contributed by atoms with Crippen molar-refractivity contribution in [2.45, 2.75) is 76.9 Å². The smallest absolute Gasteiger partial charge is 0.193 e. The van der Waals surface area contributed by atoms with E-state index in [0.29, 0.717) is 11.1 Å².